The van der Waals surface area contributed by atoms with Gasteiger partial charge in [0.15, 0.2) is 0 Å². The second-order valence-electron chi connectivity index (χ2n) is 4.67. The molecule has 1 aliphatic rings. The van der Waals surface area contributed by atoms with Gasteiger partial charge in [0.25, 0.3) is 0 Å². The van der Waals surface area contributed by atoms with Gasteiger partial charge in [-0.05, 0) is 31.4 Å². The van der Waals surface area contributed by atoms with Gasteiger partial charge in [-0.3, -0.25) is 4.90 Å². The number of nitrogens with zero attached hydrogens (tertiary/aromatic N) is 2. The number of hydrogen-bond acceptors (Lipinski definition) is 2. The summed E-state index contributed by atoms with van der Waals surface area (Å²) in [6.45, 7) is 1.13. The van der Waals surface area contributed by atoms with Gasteiger partial charge in [0.2, 0.25) is 0 Å². The van der Waals surface area contributed by atoms with Crippen molar-refractivity contribution >= 4 is 0 Å². The van der Waals surface area contributed by atoms with Gasteiger partial charge in [-0.1, -0.05) is 30.3 Å². The standard InChI is InChI=1S/C14H18N2/c1-16(11-12-7-8-12)14(9-10-15)13-5-3-2-4-6-13/h2-6,12,14H,7-9,11H2,1H3. The highest BCUT2D eigenvalue weighted by Crippen LogP contribution is 2.32. The minimum atomic E-state index is 0.256. The molecule has 1 aliphatic carbocycles. The van der Waals surface area contributed by atoms with Gasteiger partial charge in [0.1, 0.15) is 0 Å². The number of rotatable bonds is 5. The van der Waals surface area contributed by atoms with E-state index in [1.807, 2.05) is 18.2 Å². The molecule has 0 N–H and O–H groups in total. The first-order chi connectivity index (χ1) is 7.81. The van der Waals surface area contributed by atoms with Gasteiger partial charge in [0, 0.05) is 12.6 Å². The zero-order valence-electron chi connectivity index (χ0n) is 9.76. The first-order valence-corrected chi connectivity index (χ1v) is 5.93. The van der Waals surface area contributed by atoms with Crippen molar-refractivity contribution in [2.45, 2.75) is 25.3 Å². The molecule has 0 spiro atoms. The molecule has 2 rings (SSSR count). The summed E-state index contributed by atoms with van der Waals surface area (Å²) in [6.07, 6.45) is 3.30. The maximum Gasteiger partial charge on any atom is 0.0641 e. The SMILES string of the molecule is CN(CC1CC1)C(CC#N)c1ccccc1. The molecule has 16 heavy (non-hydrogen) atoms. The molecule has 1 atom stereocenters. The van der Waals surface area contributed by atoms with E-state index in [1.165, 1.54) is 18.4 Å². The molecular formula is C14H18N2. The molecular weight excluding hydrogens is 196 g/mol. The number of hydrogen-bond donors (Lipinski definition) is 0. The van der Waals surface area contributed by atoms with Gasteiger partial charge in [0.05, 0.1) is 12.5 Å². The molecule has 84 valence electrons. The van der Waals surface area contributed by atoms with Crippen molar-refractivity contribution in [3.05, 3.63) is 35.9 Å². The average Bonchev–Trinajstić information content (AvgIpc) is 3.11. The lowest BCUT2D eigenvalue weighted by atomic mass is 10.0. The van der Waals surface area contributed by atoms with Gasteiger partial charge >= 0.3 is 0 Å². The molecule has 0 aliphatic heterocycles. The Bertz CT molecular complexity index is 362. The van der Waals surface area contributed by atoms with Crippen LogP contribution in [0.3, 0.4) is 0 Å². The fraction of sp³-hybridized carbons (Fsp3) is 0.500. The fourth-order valence-corrected chi connectivity index (χ4v) is 2.12. The minimum absolute atomic E-state index is 0.256. The lowest BCUT2D eigenvalue weighted by molar-refractivity contribution is 0.238. The lowest BCUT2D eigenvalue weighted by Crippen LogP contribution is -2.26. The van der Waals surface area contributed by atoms with Crippen molar-refractivity contribution < 1.29 is 0 Å². The molecule has 0 bridgehead atoms. The lowest BCUT2D eigenvalue weighted by Gasteiger charge is -2.26. The van der Waals surface area contributed by atoms with Crippen molar-refractivity contribution in [1.29, 1.82) is 5.26 Å². The molecule has 1 aromatic carbocycles. The van der Waals surface area contributed by atoms with E-state index in [1.54, 1.807) is 0 Å². The van der Waals surface area contributed by atoms with Crippen LogP contribution >= 0.6 is 0 Å². The highest BCUT2D eigenvalue weighted by molar-refractivity contribution is 5.20. The highest BCUT2D eigenvalue weighted by atomic mass is 15.1. The third-order valence-electron chi connectivity index (χ3n) is 3.24. The van der Waals surface area contributed by atoms with Crippen LogP contribution in [0, 0.1) is 17.2 Å². The van der Waals surface area contributed by atoms with E-state index in [0.717, 1.165) is 12.5 Å². The van der Waals surface area contributed by atoms with Gasteiger partial charge in [-0.2, -0.15) is 5.26 Å². The molecule has 0 saturated heterocycles. The van der Waals surface area contributed by atoms with E-state index in [9.17, 15) is 0 Å². The predicted molar refractivity (Wildman–Crippen MR) is 64.8 cm³/mol. The molecule has 2 heteroatoms. The first kappa shape index (κ1) is 11.2. The Morgan fingerprint density at radius 3 is 2.62 bits per heavy atom. The summed E-state index contributed by atoms with van der Waals surface area (Å²) in [6, 6.07) is 12.9. The zero-order valence-corrected chi connectivity index (χ0v) is 9.76. The van der Waals surface area contributed by atoms with Crippen LogP contribution in [0.25, 0.3) is 0 Å². The summed E-state index contributed by atoms with van der Waals surface area (Å²) >= 11 is 0. The molecule has 0 radical (unpaired) electrons. The van der Waals surface area contributed by atoms with Crippen LogP contribution in [0.1, 0.15) is 30.9 Å². The van der Waals surface area contributed by atoms with E-state index in [0.29, 0.717) is 6.42 Å². The molecule has 1 unspecified atom stereocenters. The van der Waals surface area contributed by atoms with Crippen molar-refractivity contribution in [2.75, 3.05) is 13.6 Å². The van der Waals surface area contributed by atoms with Crippen LogP contribution in [-0.4, -0.2) is 18.5 Å². The van der Waals surface area contributed by atoms with Crippen LogP contribution in [0.4, 0.5) is 0 Å². The van der Waals surface area contributed by atoms with Crippen molar-refractivity contribution in [3.63, 3.8) is 0 Å². The second-order valence-corrected chi connectivity index (χ2v) is 4.67. The van der Waals surface area contributed by atoms with Crippen molar-refractivity contribution in [3.8, 4) is 6.07 Å². The van der Waals surface area contributed by atoms with E-state index in [2.05, 4.69) is 30.1 Å². The summed E-state index contributed by atoms with van der Waals surface area (Å²) in [4.78, 5) is 2.33. The maximum absolute atomic E-state index is 8.92. The largest absolute Gasteiger partial charge is 0.298 e. The Morgan fingerprint density at radius 1 is 1.38 bits per heavy atom. The van der Waals surface area contributed by atoms with Crippen LogP contribution in [-0.2, 0) is 0 Å². The van der Waals surface area contributed by atoms with E-state index < -0.39 is 0 Å². The molecule has 0 amide bonds. The number of nitriles is 1. The Kier molecular flexibility index (Phi) is 3.58. The topological polar surface area (TPSA) is 27.0 Å². The van der Waals surface area contributed by atoms with Crippen LogP contribution < -0.4 is 0 Å². The summed E-state index contributed by atoms with van der Waals surface area (Å²) < 4.78 is 0. The maximum atomic E-state index is 8.92. The number of benzene rings is 1. The molecule has 1 fully saturated rings. The predicted octanol–water partition coefficient (Wildman–Crippen LogP) is 2.98. The van der Waals surface area contributed by atoms with Crippen molar-refractivity contribution in [1.82, 2.24) is 4.90 Å². The van der Waals surface area contributed by atoms with Gasteiger partial charge in [-0.25, -0.2) is 0 Å². The van der Waals surface area contributed by atoms with Gasteiger partial charge < -0.3 is 0 Å². The molecule has 2 nitrogen and oxygen atoms in total. The average molecular weight is 214 g/mol. The molecule has 1 aromatic rings. The van der Waals surface area contributed by atoms with Crippen LogP contribution in [0.5, 0.6) is 0 Å². The van der Waals surface area contributed by atoms with E-state index >= 15 is 0 Å². The third-order valence-corrected chi connectivity index (χ3v) is 3.24. The third kappa shape index (κ3) is 2.84. The Morgan fingerprint density at radius 2 is 2.06 bits per heavy atom. The normalized spacial score (nSPS) is 17.1. The summed E-state index contributed by atoms with van der Waals surface area (Å²) in [5.41, 5.74) is 1.26. The molecule has 0 aromatic heterocycles. The Hall–Kier alpha value is -1.33. The molecule has 0 heterocycles. The summed E-state index contributed by atoms with van der Waals surface area (Å²) in [7, 11) is 2.13. The van der Waals surface area contributed by atoms with Gasteiger partial charge in [-0.15, -0.1) is 0 Å². The van der Waals surface area contributed by atoms with Crippen LogP contribution in [0.15, 0.2) is 30.3 Å². The quantitative estimate of drug-likeness (QED) is 0.753. The molecule has 1 saturated carbocycles. The van der Waals surface area contributed by atoms with Crippen molar-refractivity contribution in [2.24, 2.45) is 5.92 Å². The minimum Gasteiger partial charge on any atom is -0.298 e. The Balaban J connectivity index is 2.06. The Labute approximate surface area is 97.5 Å². The van der Waals surface area contributed by atoms with E-state index in [-0.39, 0.29) is 6.04 Å². The van der Waals surface area contributed by atoms with Crippen LogP contribution in [0.2, 0.25) is 0 Å². The second kappa shape index (κ2) is 5.14. The zero-order chi connectivity index (χ0) is 11.4. The summed E-state index contributed by atoms with van der Waals surface area (Å²) in [5, 5.41) is 8.92. The first-order valence-electron chi connectivity index (χ1n) is 5.93. The fourth-order valence-electron chi connectivity index (χ4n) is 2.12. The highest BCUT2D eigenvalue weighted by Gasteiger charge is 2.26. The smallest absolute Gasteiger partial charge is 0.0641 e. The summed E-state index contributed by atoms with van der Waals surface area (Å²) in [5.74, 6) is 0.870. The monoisotopic (exact) mass is 214 g/mol. The van der Waals surface area contributed by atoms with E-state index in [4.69, 9.17) is 5.26 Å².